The van der Waals surface area contributed by atoms with Crippen LogP contribution in [0, 0.1) is 13.8 Å². The Balaban J connectivity index is 1.97. The van der Waals surface area contributed by atoms with E-state index in [2.05, 4.69) is 28.5 Å². The number of hydrogen-bond acceptors (Lipinski definition) is 6. The Labute approximate surface area is 134 Å². The van der Waals surface area contributed by atoms with Crippen LogP contribution < -0.4 is 0 Å². The highest BCUT2D eigenvalue weighted by atomic mass is 32.2. The van der Waals surface area contributed by atoms with Crippen LogP contribution in [0.15, 0.2) is 23.4 Å². The Bertz CT molecular complexity index is 642. The average Bonchev–Trinajstić information content (AvgIpc) is 2.92. The van der Waals surface area contributed by atoms with Crippen molar-refractivity contribution in [2.45, 2.75) is 38.8 Å². The topological polar surface area (TPSA) is 69.9 Å². The second-order valence-corrected chi connectivity index (χ2v) is 5.98. The minimum absolute atomic E-state index is 0.155. The molecule has 0 spiro atoms. The number of tetrazole rings is 1. The lowest BCUT2D eigenvalue weighted by Crippen LogP contribution is -2.04. The van der Waals surface area contributed by atoms with Crippen LogP contribution in [-0.4, -0.2) is 38.5 Å². The lowest BCUT2D eigenvalue weighted by molar-refractivity contribution is -0.143. The van der Waals surface area contributed by atoms with Crippen molar-refractivity contribution in [2.75, 3.05) is 12.4 Å². The highest BCUT2D eigenvalue weighted by molar-refractivity contribution is 7.99. The summed E-state index contributed by atoms with van der Waals surface area (Å²) in [5, 5.41) is 12.6. The van der Waals surface area contributed by atoms with Crippen LogP contribution in [0.25, 0.3) is 5.69 Å². The third-order valence-electron chi connectivity index (χ3n) is 3.08. The van der Waals surface area contributed by atoms with Crippen LogP contribution in [0.4, 0.5) is 0 Å². The molecule has 0 saturated carbocycles. The van der Waals surface area contributed by atoms with Crippen molar-refractivity contribution < 1.29 is 9.53 Å². The molecule has 0 atom stereocenters. The molecule has 1 aromatic heterocycles. The zero-order chi connectivity index (χ0) is 15.9. The maximum Gasteiger partial charge on any atom is 0.305 e. The number of esters is 1. The molecule has 118 valence electrons. The molecule has 6 nitrogen and oxygen atoms in total. The maximum atomic E-state index is 11.3. The minimum Gasteiger partial charge on any atom is -0.466 e. The summed E-state index contributed by atoms with van der Waals surface area (Å²) in [4.78, 5) is 11.3. The first-order valence-electron chi connectivity index (χ1n) is 7.26. The average molecular weight is 320 g/mol. The van der Waals surface area contributed by atoms with Gasteiger partial charge in [0.05, 0.1) is 12.3 Å². The van der Waals surface area contributed by atoms with Gasteiger partial charge in [-0.2, -0.15) is 4.68 Å². The summed E-state index contributed by atoms with van der Waals surface area (Å²) in [6.45, 7) is 6.34. The number of thioether (sulfide) groups is 1. The molecule has 0 aliphatic rings. The molecule has 2 rings (SSSR count). The number of aryl methyl sites for hydroxylation is 2. The zero-order valence-electron chi connectivity index (χ0n) is 13.1. The van der Waals surface area contributed by atoms with Crippen LogP contribution in [-0.2, 0) is 9.53 Å². The van der Waals surface area contributed by atoms with E-state index in [-0.39, 0.29) is 5.97 Å². The van der Waals surface area contributed by atoms with Crippen LogP contribution in [0.3, 0.4) is 0 Å². The number of rotatable bonds is 7. The molecule has 1 aromatic carbocycles. The standard InChI is InChI=1S/C15H20N4O2S/c1-4-21-14(20)6-5-9-22-15-16-17-18-19(15)13-8-7-11(2)10-12(13)3/h7-8,10H,4-6,9H2,1-3H3. The fourth-order valence-corrected chi connectivity index (χ4v) is 2.90. The van der Waals surface area contributed by atoms with E-state index in [0.717, 1.165) is 28.6 Å². The molecule has 0 amide bonds. The Hall–Kier alpha value is -1.89. The fraction of sp³-hybridized carbons (Fsp3) is 0.467. The van der Waals surface area contributed by atoms with Crippen LogP contribution in [0.5, 0.6) is 0 Å². The van der Waals surface area contributed by atoms with E-state index in [9.17, 15) is 4.79 Å². The smallest absolute Gasteiger partial charge is 0.305 e. The molecule has 0 N–H and O–H groups in total. The number of carbonyl (C=O) groups is 1. The molecule has 22 heavy (non-hydrogen) atoms. The first-order valence-corrected chi connectivity index (χ1v) is 8.24. The van der Waals surface area contributed by atoms with Gasteiger partial charge in [-0.1, -0.05) is 29.5 Å². The monoisotopic (exact) mass is 320 g/mol. The molecule has 0 saturated heterocycles. The first kappa shape index (κ1) is 16.5. The predicted octanol–water partition coefficient (Wildman–Crippen LogP) is 2.71. The van der Waals surface area contributed by atoms with Crippen molar-refractivity contribution >= 4 is 17.7 Å². The molecule has 0 fully saturated rings. The minimum atomic E-state index is -0.155. The third-order valence-corrected chi connectivity index (χ3v) is 4.09. The Morgan fingerprint density at radius 3 is 2.91 bits per heavy atom. The summed E-state index contributed by atoms with van der Waals surface area (Å²) < 4.78 is 6.65. The normalized spacial score (nSPS) is 10.7. The van der Waals surface area contributed by atoms with Crippen molar-refractivity contribution in [3.8, 4) is 5.69 Å². The number of nitrogens with zero attached hydrogens (tertiary/aromatic N) is 4. The van der Waals surface area contributed by atoms with E-state index in [1.165, 1.54) is 5.56 Å². The Kier molecular flexibility index (Phi) is 5.94. The van der Waals surface area contributed by atoms with Crippen molar-refractivity contribution in [3.63, 3.8) is 0 Å². The number of hydrogen-bond donors (Lipinski definition) is 0. The lowest BCUT2D eigenvalue weighted by Gasteiger charge is -2.08. The first-order chi connectivity index (χ1) is 10.6. The van der Waals surface area contributed by atoms with Gasteiger partial charge in [-0.25, -0.2) is 0 Å². The van der Waals surface area contributed by atoms with Gasteiger partial charge in [-0.3, -0.25) is 4.79 Å². The van der Waals surface area contributed by atoms with Gasteiger partial charge in [0, 0.05) is 12.2 Å². The van der Waals surface area contributed by atoms with Gasteiger partial charge in [0.15, 0.2) is 0 Å². The van der Waals surface area contributed by atoms with Gasteiger partial charge in [0.2, 0.25) is 5.16 Å². The lowest BCUT2D eigenvalue weighted by atomic mass is 10.1. The molecule has 7 heteroatoms. The van der Waals surface area contributed by atoms with E-state index in [0.29, 0.717) is 13.0 Å². The molecule has 0 aliphatic heterocycles. The van der Waals surface area contributed by atoms with E-state index < -0.39 is 0 Å². The summed E-state index contributed by atoms with van der Waals surface area (Å²) in [5.41, 5.74) is 3.31. The summed E-state index contributed by atoms with van der Waals surface area (Å²) >= 11 is 1.54. The van der Waals surface area contributed by atoms with Gasteiger partial charge in [0.25, 0.3) is 0 Å². The van der Waals surface area contributed by atoms with E-state index in [1.54, 1.807) is 16.4 Å². The molecular weight excluding hydrogens is 300 g/mol. The molecule has 0 bridgehead atoms. The largest absolute Gasteiger partial charge is 0.466 e. The van der Waals surface area contributed by atoms with Crippen molar-refractivity contribution in [3.05, 3.63) is 29.3 Å². The Morgan fingerprint density at radius 2 is 2.18 bits per heavy atom. The third kappa shape index (κ3) is 4.30. The summed E-state index contributed by atoms with van der Waals surface area (Å²) in [5.74, 6) is 0.612. The number of ether oxygens (including phenoxy) is 1. The molecule has 0 unspecified atom stereocenters. The van der Waals surface area contributed by atoms with Crippen molar-refractivity contribution in [2.24, 2.45) is 0 Å². The van der Waals surface area contributed by atoms with Gasteiger partial charge >= 0.3 is 5.97 Å². The SMILES string of the molecule is CCOC(=O)CCCSc1nnnn1-c1ccc(C)cc1C. The highest BCUT2D eigenvalue weighted by Crippen LogP contribution is 2.22. The number of benzene rings is 1. The van der Waals surface area contributed by atoms with E-state index >= 15 is 0 Å². The molecule has 0 radical (unpaired) electrons. The van der Waals surface area contributed by atoms with Gasteiger partial charge in [-0.05, 0) is 49.2 Å². The molecule has 1 heterocycles. The van der Waals surface area contributed by atoms with Gasteiger partial charge in [-0.15, -0.1) is 5.10 Å². The Morgan fingerprint density at radius 1 is 1.36 bits per heavy atom. The number of aromatic nitrogens is 4. The summed E-state index contributed by atoms with van der Waals surface area (Å²) in [6.07, 6.45) is 1.16. The second-order valence-electron chi connectivity index (χ2n) is 4.92. The zero-order valence-corrected chi connectivity index (χ0v) is 13.9. The van der Waals surface area contributed by atoms with Crippen LogP contribution >= 0.6 is 11.8 Å². The van der Waals surface area contributed by atoms with Gasteiger partial charge < -0.3 is 4.74 Å². The maximum absolute atomic E-state index is 11.3. The molecule has 0 aliphatic carbocycles. The summed E-state index contributed by atoms with van der Waals surface area (Å²) in [7, 11) is 0. The summed E-state index contributed by atoms with van der Waals surface area (Å²) in [6, 6.07) is 6.16. The molecule has 2 aromatic rings. The van der Waals surface area contributed by atoms with Crippen molar-refractivity contribution in [1.29, 1.82) is 0 Å². The van der Waals surface area contributed by atoms with Crippen LogP contribution in [0.1, 0.15) is 30.9 Å². The van der Waals surface area contributed by atoms with Crippen LogP contribution in [0.2, 0.25) is 0 Å². The second kappa shape index (κ2) is 7.93. The quantitative estimate of drug-likeness (QED) is 0.444. The van der Waals surface area contributed by atoms with Crippen molar-refractivity contribution in [1.82, 2.24) is 20.2 Å². The fourth-order valence-electron chi connectivity index (χ4n) is 2.08. The van der Waals surface area contributed by atoms with Gasteiger partial charge in [0.1, 0.15) is 0 Å². The predicted molar refractivity (Wildman–Crippen MR) is 85.2 cm³/mol. The van der Waals surface area contributed by atoms with E-state index in [4.69, 9.17) is 4.74 Å². The molecular formula is C15H20N4O2S. The highest BCUT2D eigenvalue weighted by Gasteiger charge is 2.11. The van der Waals surface area contributed by atoms with E-state index in [1.807, 2.05) is 26.0 Å². The number of carbonyl (C=O) groups excluding carboxylic acids is 1.